The summed E-state index contributed by atoms with van der Waals surface area (Å²) in [5.74, 6) is -0.163. The van der Waals surface area contributed by atoms with Gasteiger partial charge in [-0.2, -0.15) is 5.10 Å². The normalized spacial score (nSPS) is 12.1. The second-order valence-corrected chi connectivity index (χ2v) is 11.2. The topological polar surface area (TPSA) is 59.5 Å². The van der Waals surface area contributed by atoms with E-state index in [0.717, 1.165) is 36.1 Å². The monoisotopic (exact) mass is 617 g/mol. The minimum absolute atomic E-state index is 0.115. The lowest BCUT2D eigenvalue weighted by Crippen LogP contribution is -2.16. The Morgan fingerprint density at radius 2 is 1.82 bits per heavy atom. The van der Waals surface area contributed by atoms with Gasteiger partial charge in [-0.1, -0.05) is 48.8 Å². The van der Waals surface area contributed by atoms with Gasteiger partial charge in [0.15, 0.2) is 5.76 Å². The first kappa shape index (κ1) is 23.8. The molecule has 0 aliphatic rings. The number of halogens is 2. The summed E-state index contributed by atoms with van der Waals surface area (Å²) >= 11 is 5.66. The fraction of sp³-hybridized carbons (Fsp3) is 0.231. The van der Waals surface area contributed by atoms with Gasteiger partial charge in [0.1, 0.15) is 5.58 Å². The molecule has 170 valence electrons. The Bertz CT molecular complexity index is 1380. The van der Waals surface area contributed by atoms with Crippen molar-refractivity contribution in [2.24, 2.45) is 5.10 Å². The highest BCUT2D eigenvalue weighted by Crippen LogP contribution is 2.29. The van der Waals surface area contributed by atoms with Gasteiger partial charge in [-0.05, 0) is 83.8 Å². The van der Waals surface area contributed by atoms with Gasteiger partial charge >= 0.3 is 5.91 Å². The summed E-state index contributed by atoms with van der Waals surface area (Å²) in [6.07, 6.45) is 1.67. The van der Waals surface area contributed by atoms with Crippen molar-refractivity contribution >= 4 is 61.6 Å². The van der Waals surface area contributed by atoms with Crippen LogP contribution >= 0.6 is 38.5 Å². The molecule has 0 aliphatic heterocycles. The van der Waals surface area contributed by atoms with Crippen LogP contribution in [0.15, 0.2) is 62.5 Å². The van der Waals surface area contributed by atoms with Crippen LogP contribution in [-0.4, -0.2) is 16.7 Å². The molecule has 5 nitrogen and oxygen atoms in total. The molecule has 4 rings (SSSR count). The second kappa shape index (κ2) is 9.10. The van der Waals surface area contributed by atoms with Crippen molar-refractivity contribution in [1.29, 1.82) is 0 Å². The van der Waals surface area contributed by atoms with Crippen LogP contribution in [0.25, 0.3) is 16.7 Å². The van der Waals surface area contributed by atoms with Gasteiger partial charge in [0.2, 0.25) is 0 Å². The molecule has 2 heterocycles. The first-order chi connectivity index (χ1) is 15.5. The van der Waals surface area contributed by atoms with Crippen LogP contribution in [0.5, 0.6) is 0 Å². The van der Waals surface area contributed by atoms with E-state index in [2.05, 4.69) is 112 Å². The van der Waals surface area contributed by atoms with Crippen LogP contribution in [0.2, 0.25) is 0 Å². The number of nitrogens with zero attached hydrogens (tertiary/aromatic N) is 2. The number of hydrogen-bond donors (Lipinski definition) is 1. The number of carbonyl (C=O) groups is 1. The summed E-state index contributed by atoms with van der Waals surface area (Å²) in [5.41, 5.74) is 8.87. The molecular formula is C26H25BrIN3O2. The zero-order valence-corrected chi connectivity index (χ0v) is 22.9. The number of carbonyl (C=O) groups excluding carboxylic acids is 1. The predicted molar refractivity (Wildman–Crippen MR) is 146 cm³/mol. The minimum atomic E-state index is -0.388. The van der Waals surface area contributed by atoms with Gasteiger partial charge in [-0.25, -0.2) is 5.43 Å². The number of hydrogen-bond acceptors (Lipinski definition) is 3. The lowest BCUT2D eigenvalue weighted by atomic mass is 9.87. The number of hydrazone groups is 1. The van der Waals surface area contributed by atoms with Crippen molar-refractivity contribution in [1.82, 2.24) is 9.99 Å². The number of amides is 1. The number of aryl methyl sites for hydroxylation is 1. The Hall–Kier alpha value is -2.39. The first-order valence-electron chi connectivity index (χ1n) is 10.6. The van der Waals surface area contributed by atoms with Crippen LogP contribution in [0.3, 0.4) is 0 Å². The molecule has 0 unspecified atom stereocenters. The number of benzene rings is 2. The molecule has 7 heteroatoms. The third kappa shape index (κ3) is 4.94. The third-order valence-electron chi connectivity index (χ3n) is 5.59. The zero-order valence-electron chi connectivity index (χ0n) is 19.2. The summed E-state index contributed by atoms with van der Waals surface area (Å²) in [4.78, 5) is 12.6. The van der Waals surface area contributed by atoms with E-state index in [1.54, 1.807) is 12.3 Å². The quantitative estimate of drug-likeness (QED) is 0.149. The molecule has 0 fully saturated rings. The van der Waals surface area contributed by atoms with Crippen LogP contribution in [0.4, 0.5) is 0 Å². The maximum atomic E-state index is 12.6. The number of furan rings is 1. The zero-order chi connectivity index (χ0) is 23.9. The molecular weight excluding hydrogens is 593 g/mol. The molecule has 2 aromatic carbocycles. The lowest BCUT2D eigenvalue weighted by Gasteiger charge is -2.20. The van der Waals surface area contributed by atoms with Crippen LogP contribution in [0, 0.1) is 17.4 Å². The van der Waals surface area contributed by atoms with Gasteiger partial charge < -0.3 is 8.98 Å². The number of aromatic nitrogens is 1. The Kier molecular flexibility index (Phi) is 6.55. The molecule has 0 bridgehead atoms. The average Bonchev–Trinajstić information content (AvgIpc) is 3.28. The van der Waals surface area contributed by atoms with Gasteiger partial charge in [0, 0.05) is 32.5 Å². The Balaban J connectivity index is 1.52. The van der Waals surface area contributed by atoms with E-state index in [4.69, 9.17) is 4.42 Å². The summed E-state index contributed by atoms with van der Waals surface area (Å²) in [6, 6.07) is 16.3. The molecule has 0 spiro atoms. The Labute approximate surface area is 215 Å². The highest BCUT2D eigenvalue weighted by molar-refractivity contribution is 14.1. The van der Waals surface area contributed by atoms with Crippen LogP contribution in [-0.2, 0) is 5.41 Å². The average molecular weight is 618 g/mol. The number of fused-ring (bicyclic) bond motifs is 1. The van der Waals surface area contributed by atoms with Gasteiger partial charge in [-0.15, -0.1) is 0 Å². The summed E-state index contributed by atoms with van der Waals surface area (Å²) in [7, 11) is 0. The molecule has 0 radical (unpaired) electrons. The molecule has 0 atom stereocenters. The second-order valence-electron chi connectivity index (χ2n) is 9.07. The first-order valence-corrected chi connectivity index (χ1v) is 12.4. The van der Waals surface area contributed by atoms with E-state index in [0.29, 0.717) is 5.58 Å². The van der Waals surface area contributed by atoms with Crippen molar-refractivity contribution in [3.05, 3.63) is 84.8 Å². The number of nitrogens with one attached hydrogen (secondary N) is 1. The van der Waals surface area contributed by atoms with Crippen LogP contribution in [0.1, 0.15) is 53.8 Å². The highest BCUT2D eigenvalue weighted by atomic mass is 127. The van der Waals surface area contributed by atoms with E-state index in [9.17, 15) is 4.79 Å². The maximum Gasteiger partial charge on any atom is 0.307 e. The van der Waals surface area contributed by atoms with Crippen molar-refractivity contribution < 1.29 is 9.21 Å². The van der Waals surface area contributed by atoms with Gasteiger partial charge in [0.25, 0.3) is 0 Å². The molecule has 4 aromatic rings. The van der Waals surface area contributed by atoms with Crippen molar-refractivity contribution in [3.63, 3.8) is 0 Å². The molecule has 0 aliphatic carbocycles. The Morgan fingerprint density at radius 1 is 1.12 bits per heavy atom. The standard InChI is InChI=1S/C26H25BrIN3O2/c1-15-10-18(16(2)31(15)21-8-6-19(7-9-21)26(3,4)5)14-29-30-25(32)23-12-17-11-20(27)13-22(28)24(17)33-23/h6-14H,1-5H3,(H,30,32)/b29-14-. The molecule has 0 saturated heterocycles. The molecule has 1 amide bonds. The van der Waals surface area contributed by atoms with E-state index in [-0.39, 0.29) is 17.1 Å². The SMILES string of the molecule is Cc1cc(/C=N\NC(=O)c2cc3cc(Br)cc(I)c3o2)c(C)n1-c1ccc(C(C)(C)C)cc1. The Morgan fingerprint density at radius 3 is 2.48 bits per heavy atom. The van der Waals surface area contributed by atoms with Crippen molar-refractivity contribution in [3.8, 4) is 5.69 Å². The molecule has 33 heavy (non-hydrogen) atoms. The maximum absolute atomic E-state index is 12.6. The number of rotatable bonds is 4. The molecule has 0 saturated carbocycles. The van der Waals surface area contributed by atoms with Crippen molar-refractivity contribution in [2.45, 2.75) is 40.0 Å². The summed E-state index contributed by atoms with van der Waals surface area (Å²) in [6.45, 7) is 10.7. The largest absolute Gasteiger partial charge is 0.450 e. The predicted octanol–water partition coefficient (Wildman–Crippen LogP) is 7.27. The van der Waals surface area contributed by atoms with Gasteiger partial charge in [-0.3, -0.25) is 4.79 Å². The van der Waals surface area contributed by atoms with E-state index >= 15 is 0 Å². The minimum Gasteiger partial charge on any atom is -0.450 e. The van der Waals surface area contributed by atoms with Gasteiger partial charge in [0.05, 0.1) is 9.78 Å². The van der Waals surface area contributed by atoms with E-state index < -0.39 is 0 Å². The third-order valence-corrected chi connectivity index (χ3v) is 6.85. The smallest absolute Gasteiger partial charge is 0.307 e. The van der Waals surface area contributed by atoms with Crippen molar-refractivity contribution in [2.75, 3.05) is 0 Å². The lowest BCUT2D eigenvalue weighted by molar-refractivity contribution is 0.0929. The summed E-state index contributed by atoms with van der Waals surface area (Å²) < 4.78 is 9.80. The van der Waals surface area contributed by atoms with E-state index in [1.165, 1.54) is 5.56 Å². The molecule has 1 N–H and O–H groups in total. The molecule has 2 aromatic heterocycles. The fourth-order valence-corrected chi connectivity index (χ4v) is 5.49. The van der Waals surface area contributed by atoms with Crippen LogP contribution < -0.4 is 5.43 Å². The fourth-order valence-electron chi connectivity index (χ4n) is 3.83. The highest BCUT2D eigenvalue weighted by Gasteiger charge is 2.16. The van der Waals surface area contributed by atoms with E-state index in [1.807, 2.05) is 19.1 Å². The summed E-state index contributed by atoms with van der Waals surface area (Å²) in [5, 5.41) is 5.04.